The highest BCUT2D eigenvalue weighted by atomic mass is 19.1. The van der Waals surface area contributed by atoms with E-state index in [0.29, 0.717) is 12.1 Å². The first kappa shape index (κ1) is 15.7. The van der Waals surface area contributed by atoms with E-state index >= 15 is 0 Å². The number of hydrogen-bond acceptors (Lipinski definition) is 2. The minimum Gasteiger partial charge on any atom is -0.389 e. The number of rotatable bonds is 5. The van der Waals surface area contributed by atoms with Crippen LogP contribution in [0, 0.1) is 12.7 Å². The fraction of sp³-hybridized carbons (Fsp3) is 0.263. The van der Waals surface area contributed by atoms with Crippen LogP contribution in [0.2, 0.25) is 0 Å². The standard InChI is InChI=1S/C19H21FN2O/c1-13-12-22(19-15(13)9-6-10-16(19)20)18(17(23)11-21-2)14-7-4-3-5-8-14/h3-10,12,17-18,21,23H,11H2,1-2H3/t17-,18+/m1/s1. The molecule has 0 saturated heterocycles. The molecule has 3 nitrogen and oxygen atoms in total. The Morgan fingerprint density at radius 1 is 1.13 bits per heavy atom. The predicted octanol–water partition coefficient (Wildman–Crippen LogP) is 3.26. The SMILES string of the molecule is CNC[C@@H](O)[C@H](c1ccccc1)n1cc(C)c2cccc(F)c21. The molecule has 0 aliphatic heterocycles. The van der Waals surface area contributed by atoms with Gasteiger partial charge in [-0.25, -0.2) is 4.39 Å². The molecule has 1 heterocycles. The van der Waals surface area contributed by atoms with Crippen LogP contribution in [0.3, 0.4) is 0 Å². The van der Waals surface area contributed by atoms with E-state index in [1.807, 2.05) is 54.1 Å². The molecule has 3 aromatic rings. The normalized spacial score (nSPS) is 14.1. The monoisotopic (exact) mass is 312 g/mol. The van der Waals surface area contributed by atoms with Crippen molar-refractivity contribution < 1.29 is 9.50 Å². The van der Waals surface area contributed by atoms with E-state index in [1.165, 1.54) is 6.07 Å². The summed E-state index contributed by atoms with van der Waals surface area (Å²) in [4.78, 5) is 0. The van der Waals surface area contributed by atoms with Crippen molar-refractivity contribution in [3.63, 3.8) is 0 Å². The molecule has 0 saturated carbocycles. The highest BCUT2D eigenvalue weighted by Gasteiger charge is 2.25. The highest BCUT2D eigenvalue weighted by molar-refractivity contribution is 5.84. The minimum atomic E-state index is -0.669. The Balaban J connectivity index is 2.22. The van der Waals surface area contributed by atoms with Crippen molar-refractivity contribution >= 4 is 10.9 Å². The van der Waals surface area contributed by atoms with Gasteiger partial charge < -0.3 is 15.0 Å². The van der Waals surface area contributed by atoms with E-state index < -0.39 is 6.10 Å². The molecular formula is C19H21FN2O. The Morgan fingerprint density at radius 3 is 2.57 bits per heavy atom. The number of aliphatic hydroxyl groups excluding tert-OH is 1. The summed E-state index contributed by atoms with van der Waals surface area (Å²) >= 11 is 0. The van der Waals surface area contributed by atoms with Gasteiger partial charge in [0.25, 0.3) is 0 Å². The number of likely N-dealkylation sites (N-methyl/N-ethyl adjacent to an activating group) is 1. The summed E-state index contributed by atoms with van der Waals surface area (Å²) in [5, 5.41) is 14.5. The zero-order chi connectivity index (χ0) is 16.4. The number of fused-ring (bicyclic) bond motifs is 1. The van der Waals surface area contributed by atoms with Crippen LogP contribution in [0.4, 0.5) is 4.39 Å². The molecule has 1 aromatic heterocycles. The number of hydrogen-bond donors (Lipinski definition) is 2. The van der Waals surface area contributed by atoms with E-state index in [0.717, 1.165) is 16.5 Å². The Bertz CT molecular complexity index is 798. The van der Waals surface area contributed by atoms with Crippen molar-refractivity contribution in [3.8, 4) is 0 Å². The summed E-state index contributed by atoms with van der Waals surface area (Å²) in [6.07, 6.45) is 1.25. The number of para-hydroxylation sites is 1. The summed E-state index contributed by atoms with van der Waals surface area (Å²) in [5.41, 5.74) is 2.49. The third-order valence-corrected chi connectivity index (χ3v) is 4.22. The molecule has 3 rings (SSSR count). The Kier molecular flexibility index (Phi) is 4.46. The third-order valence-electron chi connectivity index (χ3n) is 4.22. The smallest absolute Gasteiger partial charge is 0.147 e. The van der Waals surface area contributed by atoms with Gasteiger partial charge in [0.05, 0.1) is 17.7 Å². The lowest BCUT2D eigenvalue weighted by Crippen LogP contribution is -2.33. The van der Waals surface area contributed by atoms with Crippen molar-refractivity contribution in [2.45, 2.75) is 19.1 Å². The van der Waals surface area contributed by atoms with Gasteiger partial charge in [0.15, 0.2) is 0 Å². The first-order chi connectivity index (χ1) is 11.1. The van der Waals surface area contributed by atoms with Crippen LogP contribution < -0.4 is 5.32 Å². The van der Waals surface area contributed by atoms with Crippen molar-refractivity contribution in [1.82, 2.24) is 9.88 Å². The van der Waals surface area contributed by atoms with Crippen LogP contribution >= 0.6 is 0 Å². The number of aromatic nitrogens is 1. The van der Waals surface area contributed by atoms with Gasteiger partial charge in [-0.1, -0.05) is 42.5 Å². The molecule has 2 atom stereocenters. The number of benzene rings is 2. The van der Waals surface area contributed by atoms with Gasteiger partial charge in [0, 0.05) is 18.1 Å². The van der Waals surface area contributed by atoms with Crippen molar-refractivity contribution in [2.75, 3.05) is 13.6 Å². The van der Waals surface area contributed by atoms with Gasteiger partial charge in [0.2, 0.25) is 0 Å². The van der Waals surface area contributed by atoms with Crippen LogP contribution in [-0.4, -0.2) is 29.4 Å². The molecule has 2 N–H and O–H groups in total. The second kappa shape index (κ2) is 6.52. The Labute approximate surface area is 135 Å². The van der Waals surface area contributed by atoms with Gasteiger partial charge >= 0.3 is 0 Å². The predicted molar refractivity (Wildman–Crippen MR) is 91.1 cm³/mol. The maximum absolute atomic E-state index is 14.5. The maximum Gasteiger partial charge on any atom is 0.147 e. The molecule has 0 spiro atoms. The maximum atomic E-state index is 14.5. The van der Waals surface area contributed by atoms with Crippen molar-refractivity contribution in [2.24, 2.45) is 0 Å². The molecule has 0 fully saturated rings. The second-order valence-electron chi connectivity index (χ2n) is 5.84. The quantitative estimate of drug-likeness (QED) is 0.759. The van der Waals surface area contributed by atoms with E-state index in [-0.39, 0.29) is 11.9 Å². The average molecular weight is 312 g/mol. The van der Waals surface area contributed by atoms with E-state index in [9.17, 15) is 9.50 Å². The number of nitrogens with one attached hydrogen (secondary N) is 1. The molecule has 0 unspecified atom stereocenters. The molecule has 4 heteroatoms. The number of nitrogens with zero attached hydrogens (tertiary/aromatic N) is 1. The molecular weight excluding hydrogens is 291 g/mol. The first-order valence-electron chi connectivity index (χ1n) is 7.76. The molecule has 120 valence electrons. The molecule has 0 aliphatic carbocycles. The molecule has 2 aromatic carbocycles. The summed E-state index contributed by atoms with van der Waals surface area (Å²) in [6, 6.07) is 14.5. The highest BCUT2D eigenvalue weighted by Crippen LogP contribution is 2.31. The number of aliphatic hydroxyl groups is 1. The largest absolute Gasteiger partial charge is 0.389 e. The lowest BCUT2D eigenvalue weighted by molar-refractivity contribution is 0.132. The molecule has 0 aliphatic rings. The average Bonchev–Trinajstić information content (AvgIpc) is 2.87. The van der Waals surface area contributed by atoms with E-state index in [2.05, 4.69) is 5.32 Å². The number of halogens is 1. The third kappa shape index (κ3) is 2.87. The van der Waals surface area contributed by atoms with Gasteiger partial charge in [0.1, 0.15) is 5.82 Å². The van der Waals surface area contributed by atoms with Crippen LogP contribution in [0.25, 0.3) is 10.9 Å². The fourth-order valence-electron chi connectivity index (χ4n) is 3.20. The lowest BCUT2D eigenvalue weighted by atomic mass is 10.0. The summed E-state index contributed by atoms with van der Waals surface area (Å²) < 4.78 is 16.3. The van der Waals surface area contributed by atoms with E-state index in [4.69, 9.17) is 0 Å². The van der Waals surface area contributed by atoms with Crippen LogP contribution in [-0.2, 0) is 0 Å². The summed E-state index contributed by atoms with van der Waals surface area (Å²) in [5.74, 6) is -0.270. The Hall–Kier alpha value is -2.17. The number of aryl methyl sites for hydroxylation is 1. The lowest BCUT2D eigenvalue weighted by Gasteiger charge is -2.26. The Morgan fingerprint density at radius 2 is 1.87 bits per heavy atom. The van der Waals surface area contributed by atoms with Crippen LogP contribution in [0.5, 0.6) is 0 Å². The van der Waals surface area contributed by atoms with Gasteiger partial charge in [-0.05, 0) is 31.2 Å². The zero-order valence-corrected chi connectivity index (χ0v) is 13.3. The van der Waals surface area contributed by atoms with E-state index in [1.54, 1.807) is 13.1 Å². The van der Waals surface area contributed by atoms with Gasteiger partial charge in [-0.3, -0.25) is 0 Å². The van der Waals surface area contributed by atoms with Crippen molar-refractivity contribution in [3.05, 3.63) is 71.7 Å². The zero-order valence-electron chi connectivity index (χ0n) is 13.3. The van der Waals surface area contributed by atoms with Crippen LogP contribution in [0.1, 0.15) is 17.2 Å². The van der Waals surface area contributed by atoms with Crippen LogP contribution in [0.15, 0.2) is 54.7 Å². The molecule has 0 radical (unpaired) electrons. The molecule has 0 amide bonds. The molecule has 23 heavy (non-hydrogen) atoms. The fourth-order valence-corrected chi connectivity index (χ4v) is 3.20. The van der Waals surface area contributed by atoms with Crippen molar-refractivity contribution in [1.29, 1.82) is 0 Å². The summed E-state index contributed by atoms with van der Waals surface area (Å²) in [7, 11) is 1.80. The van der Waals surface area contributed by atoms with Gasteiger partial charge in [-0.15, -0.1) is 0 Å². The van der Waals surface area contributed by atoms with Gasteiger partial charge in [-0.2, -0.15) is 0 Å². The molecule has 0 bridgehead atoms. The topological polar surface area (TPSA) is 37.2 Å². The second-order valence-corrected chi connectivity index (χ2v) is 5.84. The summed E-state index contributed by atoms with van der Waals surface area (Å²) in [6.45, 7) is 2.39. The first-order valence-corrected chi connectivity index (χ1v) is 7.76. The minimum absolute atomic E-state index is 0.270.